The topological polar surface area (TPSA) is 101 Å². The second-order valence-electron chi connectivity index (χ2n) is 5.94. The maximum atomic E-state index is 12.1. The molecular weight excluding hydrogens is 318 g/mol. The molecule has 0 aromatic heterocycles. The van der Waals surface area contributed by atoms with Crippen LogP contribution in [0.3, 0.4) is 0 Å². The van der Waals surface area contributed by atoms with E-state index in [2.05, 4.69) is 5.32 Å². The van der Waals surface area contributed by atoms with Gasteiger partial charge in [-0.2, -0.15) is 0 Å². The van der Waals surface area contributed by atoms with Crippen LogP contribution in [0.2, 0.25) is 0 Å². The number of carbonyl (C=O) groups is 2. The van der Waals surface area contributed by atoms with Crippen LogP contribution in [0.4, 0.5) is 5.69 Å². The highest BCUT2D eigenvalue weighted by Crippen LogP contribution is 2.25. The fourth-order valence-corrected chi connectivity index (χ4v) is 4.47. The Hall–Kier alpha value is -1.89. The Morgan fingerprint density at radius 1 is 1.22 bits per heavy atom. The van der Waals surface area contributed by atoms with Gasteiger partial charge in [0.1, 0.15) is 5.75 Å². The summed E-state index contributed by atoms with van der Waals surface area (Å²) in [5, 5.41) is 11.1. The van der Waals surface area contributed by atoms with Crippen molar-refractivity contribution in [1.82, 2.24) is 0 Å². The van der Waals surface area contributed by atoms with Crippen LogP contribution in [0, 0.1) is 0 Å². The number of hydrogen-bond donors (Lipinski definition) is 2. The quantitative estimate of drug-likeness (QED) is 0.827. The Morgan fingerprint density at radius 2 is 1.78 bits per heavy atom. The lowest BCUT2D eigenvalue weighted by Crippen LogP contribution is -2.29. The van der Waals surface area contributed by atoms with E-state index >= 15 is 0 Å². The van der Waals surface area contributed by atoms with E-state index in [9.17, 15) is 18.0 Å². The molecule has 1 aromatic carbocycles. The summed E-state index contributed by atoms with van der Waals surface area (Å²) in [4.78, 5) is 22.8. The molecule has 2 rings (SSSR count). The fourth-order valence-electron chi connectivity index (χ4n) is 2.74. The van der Waals surface area contributed by atoms with Crippen molar-refractivity contribution < 1.29 is 23.1 Å². The molecule has 1 saturated carbocycles. The number of aliphatic carboxylic acids is 1. The van der Waals surface area contributed by atoms with Crippen molar-refractivity contribution in [2.24, 2.45) is 0 Å². The number of carbonyl (C=O) groups excluding carboxylic acids is 1. The molecule has 1 fully saturated rings. The molecule has 126 valence electrons. The Bertz CT molecular complexity index is 675. The van der Waals surface area contributed by atoms with Crippen LogP contribution >= 0.6 is 0 Å². The largest absolute Gasteiger partial charge is 0.481 e. The van der Waals surface area contributed by atoms with Crippen molar-refractivity contribution in [3.63, 3.8) is 0 Å². The number of nitrogens with one attached hydrogen (secondary N) is 1. The van der Waals surface area contributed by atoms with Crippen LogP contribution in [0.5, 0.6) is 0 Å². The van der Waals surface area contributed by atoms with Crippen molar-refractivity contribution in [3.05, 3.63) is 29.8 Å². The van der Waals surface area contributed by atoms with Crippen LogP contribution in [0.1, 0.15) is 44.1 Å². The van der Waals surface area contributed by atoms with Gasteiger partial charge in [0.05, 0.1) is 11.2 Å². The van der Waals surface area contributed by atoms with E-state index in [0.717, 1.165) is 12.8 Å². The molecule has 23 heavy (non-hydrogen) atoms. The van der Waals surface area contributed by atoms with Crippen LogP contribution in [-0.2, 0) is 19.4 Å². The van der Waals surface area contributed by atoms with Crippen LogP contribution in [0.25, 0.3) is 0 Å². The van der Waals surface area contributed by atoms with Gasteiger partial charge in [-0.05, 0) is 37.5 Å². The second kappa shape index (κ2) is 7.12. The number of anilines is 1. The highest BCUT2D eigenvalue weighted by atomic mass is 32.2. The third-order valence-electron chi connectivity index (χ3n) is 4.21. The van der Waals surface area contributed by atoms with Crippen molar-refractivity contribution in [1.29, 1.82) is 0 Å². The van der Waals surface area contributed by atoms with Gasteiger partial charge < -0.3 is 10.4 Å². The summed E-state index contributed by atoms with van der Waals surface area (Å²) in [6.07, 6.45) is 3.07. The van der Waals surface area contributed by atoms with Crippen LogP contribution < -0.4 is 5.32 Å². The fraction of sp³-hybridized carbons (Fsp3) is 0.500. The summed E-state index contributed by atoms with van der Waals surface area (Å²) in [7, 11) is -3.40. The van der Waals surface area contributed by atoms with Crippen LogP contribution in [-0.4, -0.2) is 36.4 Å². The smallest absolute Gasteiger partial charge is 0.310 e. The maximum Gasteiger partial charge on any atom is 0.310 e. The molecule has 0 heterocycles. The Kier molecular flexibility index (Phi) is 5.41. The van der Waals surface area contributed by atoms with E-state index in [1.807, 2.05) is 0 Å². The number of hydrogen-bond acceptors (Lipinski definition) is 4. The first-order chi connectivity index (χ1) is 10.8. The monoisotopic (exact) mass is 339 g/mol. The molecule has 1 atom stereocenters. The lowest BCUT2D eigenvalue weighted by Gasteiger charge is -2.12. The van der Waals surface area contributed by atoms with Gasteiger partial charge in [0.25, 0.3) is 0 Å². The Labute approximate surface area is 135 Å². The first kappa shape index (κ1) is 17.5. The SMILES string of the molecule is CC(C(=O)O)c1ccc(NC(=O)CS(=O)(=O)C2CCCC2)cc1. The van der Waals surface area contributed by atoms with Crippen molar-refractivity contribution in [3.8, 4) is 0 Å². The zero-order chi connectivity index (χ0) is 17.0. The lowest BCUT2D eigenvalue weighted by atomic mass is 10.0. The minimum atomic E-state index is -3.40. The van der Waals surface area contributed by atoms with Crippen molar-refractivity contribution in [2.45, 2.75) is 43.8 Å². The predicted octanol–water partition coefficient (Wildman–Crippen LogP) is 2.17. The zero-order valence-corrected chi connectivity index (χ0v) is 13.8. The van der Waals surface area contributed by atoms with Gasteiger partial charge in [0, 0.05) is 5.69 Å². The van der Waals surface area contributed by atoms with Gasteiger partial charge in [-0.25, -0.2) is 8.42 Å². The van der Waals surface area contributed by atoms with E-state index in [-0.39, 0.29) is 0 Å². The number of carboxylic acid groups (broad SMARTS) is 1. The first-order valence-corrected chi connectivity index (χ1v) is 9.35. The summed E-state index contributed by atoms with van der Waals surface area (Å²) in [6.45, 7) is 1.57. The molecule has 2 N–H and O–H groups in total. The average Bonchev–Trinajstić information content (AvgIpc) is 3.01. The molecule has 0 spiro atoms. The lowest BCUT2D eigenvalue weighted by molar-refractivity contribution is -0.138. The van der Waals surface area contributed by atoms with Crippen LogP contribution in [0.15, 0.2) is 24.3 Å². The van der Waals surface area contributed by atoms with E-state index in [4.69, 9.17) is 5.11 Å². The summed E-state index contributed by atoms with van der Waals surface area (Å²) < 4.78 is 24.3. The summed E-state index contributed by atoms with van der Waals surface area (Å²) >= 11 is 0. The molecular formula is C16H21NO5S. The molecule has 0 radical (unpaired) electrons. The third kappa shape index (κ3) is 4.54. The minimum Gasteiger partial charge on any atom is -0.481 e. The number of benzene rings is 1. The highest BCUT2D eigenvalue weighted by Gasteiger charge is 2.30. The van der Waals surface area contributed by atoms with Gasteiger partial charge >= 0.3 is 5.97 Å². The molecule has 7 heteroatoms. The number of amides is 1. The minimum absolute atomic E-state index is 0.396. The van der Waals surface area contributed by atoms with Crippen molar-refractivity contribution >= 4 is 27.4 Å². The molecule has 1 unspecified atom stereocenters. The predicted molar refractivity (Wildman–Crippen MR) is 87.2 cm³/mol. The van der Waals surface area contributed by atoms with Gasteiger partial charge in [-0.15, -0.1) is 0 Å². The summed E-state index contributed by atoms with van der Waals surface area (Å²) in [6, 6.07) is 6.38. The van der Waals surface area contributed by atoms with E-state index < -0.39 is 38.6 Å². The normalized spacial score (nSPS) is 16.9. The molecule has 6 nitrogen and oxygen atoms in total. The average molecular weight is 339 g/mol. The van der Waals surface area contributed by atoms with Gasteiger partial charge in [0.2, 0.25) is 5.91 Å². The van der Waals surface area contributed by atoms with E-state index in [1.165, 1.54) is 0 Å². The second-order valence-corrected chi connectivity index (χ2v) is 8.22. The number of carboxylic acids is 1. The highest BCUT2D eigenvalue weighted by molar-refractivity contribution is 7.92. The summed E-state index contributed by atoms with van der Waals surface area (Å²) in [5.74, 6) is -2.63. The molecule has 0 aliphatic heterocycles. The number of rotatable bonds is 6. The number of sulfone groups is 1. The van der Waals surface area contributed by atoms with Gasteiger partial charge in [0.15, 0.2) is 9.84 Å². The molecule has 0 saturated heterocycles. The van der Waals surface area contributed by atoms with E-state index in [0.29, 0.717) is 24.1 Å². The standard InChI is InChI=1S/C16H21NO5S/c1-11(16(19)20)12-6-8-13(9-7-12)17-15(18)10-23(21,22)14-4-2-3-5-14/h6-9,11,14H,2-5,10H2,1H3,(H,17,18)(H,19,20). The molecule has 1 aromatic rings. The van der Waals surface area contributed by atoms with E-state index in [1.54, 1.807) is 31.2 Å². The maximum absolute atomic E-state index is 12.1. The third-order valence-corrected chi connectivity index (χ3v) is 6.36. The Morgan fingerprint density at radius 3 is 2.30 bits per heavy atom. The van der Waals surface area contributed by atoms with Crippen molar-refractivity contribution in [2.75, 3.05) is 11.1 Å². The molecule has 0 bridgehead atoms. The molecule has 1 amide bonds. The molecule has 1 aliphatic rings. The Balaban J connectivity index is 1.96. The van der Waals surface area contributed by atoms with Gasteiger partial charge in [-0.3, -0.25) is 9.59 Å². The zero-order valence-electron chi connectivity index (χ0n) is 13.0. The summed E-state index contributed by atoms with van der Waals surface area (Å²) in [5.41, 5.74) is 1.08. The first-order valence-electron chi connectivity index (χ1n) is 7.64. The van der Waals surface area contributed by atoms with Gasteiger partial charge in [-0.1, -0.05) is 25.0 Å². The molecule has 1 aliphatic carbocycles.